The topological polar surface area (TPSA) is 242 Å². The van der Waals surface area contributed by atoms with Crippen LogP contribution in [0.15, 0.2) is 0 Å². The first-order chi connectivity index (χ1) is 12.5. The van der Waals surface area contributed by atoms with Crippen LogP contribution in [0.1, 0.15) is 0 Å². The molecule has 2 saturated heterocycles. The first-order valence-corrected chi connectivity index (χ1v) is 9.22. The number of phosphoric acid groups is 1. The van der Waals surface area contributed by atoms with Gasteiger partial charge in [-0.1, -0.05) is 0 Å². The molecule has 0 unspecified atom stereocenters. The van der Waals surface area contributed by atoms with Crippen molar-refractivity contribution in [2.45, 2.75) is 54.8 Å². The van der Waals surface area contributed by atoms with Gasteiger partial charge in [0, 0.05) is 0 Å². The van der Waals surface area contributed by atoms with Gasteiger partial charge < -0.3 is 68.8 Å². The van der Waals surface area contributed by atoms with Gasteiger partial charge in [-0.25, -0.2) is 0 Å². The summed E-state index contributed by atoms with van der Waals surface area (Å²) < 4.78 is 30.5. The van der Waals surface area contributed by atoms with Gasteiger partial charge in [-0.15, -0.1) is 0 Å². The molecule has 0 aromatic heterocycles. The van der Waals surface area contributed by atoms with Crippen LogP contribution in [0.2, 0.25) is 0 Å². The second-order valence-electron chi connectivity index (χ2n) is 6.09. The van der Waals surface area contributed by atoms with Crippen molar-refractivity contribution in [2.75, 3.05) is 19.8 Å². The second-order valence-corrected chi connectivity index (χ2v) is 7.19. The summed E-state index contributed by atoms with van der Waals surface area (Å²) in [4.78, 5) is 22.0. The van der Waals surface area contributed by atoms with E-state index in [4.69, 9.17) is 19.3 Å². The van der Waals surface area contributed by atoms with E-state index < -0.39 is 82.4 Å². The van der Waals surface area contributed by atoms with E-state index in [9.17, 15) is 45.0 Å². The normalized spacial score (nSPS) is 44.3. The SMILES string of the molecule is O=P([O-])([O-])O[C@H]1[C@H](O)[C@@H](CO)O[C@@]1(CO)O[C@H]1O[C@H](CO)[C@@H](O)[C@H](O)[C@H]1O.[Ca+2]. The van der Waals surface area contributed by atoms with Crippen molar-refractivity contribution in [3.8, 4) is 0 Å². The fourth-order valence-electron chi connectivity index (χ4n) is 2.90. The molecule has 0 spiro atoms. The van der Waals surface area contributed by atoms with E-state index in [2.05, 4.69) is 4.52 Å². The fraction of sp³-hybridized carbons (Fsp3) is 1.00. The van der Waals surface area contributed by atoms with Crippen molar-refractivity contribution in [1.29, 1.82) is 0 Å². The summed E-state index contributed by atoms with van der Waals surface area (Å²) in [5, 5.41) is 67.5. The Morgan fingerprint density at radius 2 is 1.50 bits per heavy atom. The molecule has 28 heavy (non-hydrogen) atoms. The molecule has 0 aromatic rings. The summed E-state index contributed by atoms with van der Waals surface area (Å²) >= 11 is 0. The zero-order valence-corrected chi connectivity index (χ0v) is 17.5. The van der Waals surface area contributed by atoms with Crippen LogP contribution in [0.5, 0.6) is 0 Å². The van der Waals surface area contributed by atoms with Crippen LogP contribution in [0, 0.1) is 0 Å². The average molecular weight is 460 g/mol. The first-order valence-electron chi connectivity index (χ1n) is 7.76. The molecule has 14 nitrogen and oxygen atoms in total. The van der Waals surface area contributed by atoms with Crippen molar-refractivity contribution in [1.82, 2.24) is 0 Å². The molecule has 9 atom stereocenters. The monoisotopic (exact) mass is 460 g/mol. The molecule has 2 fully saturated rings. The predicted octanol–water partition coefficient (Wildman–Crippen LogP) is -6.92. The summed E-state index contributed by atoms with van der Waals surface area (Å²) in [6, 6.07) is 0. The van der Waals surface area contributed by atoms with Crippen LogP contribution < -0.4 is 9.79 Å². The number of aliphatic hydroxyl groups is 7. The summed E-state index contributed by atoms with van der Waals surface area (Å²) in [5.74, 6) is -2.61. The minimum atomic E-state index is -5.74. The Kier molecular flexibility index (Phi) is 10.1. The average Bonchev–Trinajstić information content (AvgIpc) is 2.86. The maximum absolute atomic E-state index is 11.0. The van der Waals surface area contributed by atoms with E-state index in [1.165, 1.54) is 0 Å². The molecule has 2 aliphatic heterocycles. The molecule has 0 aromatic carbocycles. The van der Waals surface area contributed by atoms with Gasteiger partial charge in [-0.2, -0.15) is 0 Å². The third-order valence-electron chi connectivity index (χ3n) is 4.28. The molecule has 0 saturated carbocycles. The summed E-state index contributed by atoms with van der Waals surface area (Å²) in [6.07, 6.45) is -14.5. The van der Waals surface area contributed by atoms with Gasteiger partial charge >= 0.3 is 37.7 Å². The Morgan fingerprint density at radius 1 is 0.929 bits per heavy atom. The van der Waals surface area contributed by atoms with Crippen molar-refractivity contribution in [3.63, 3.8) is 0 Å². The zero-order chi connectivity index (χ0) is 20.6. The van der Waals surface area contributed by atoms with Crippen LogP contribution in [-0.4, -0.2) is 148 Å². The number of rotatable bonds is 7. The van der Waals surface area contributed by atoms with E-state index in [0.29, 0.717) is 0 Å². The van der Waals surface area contributed by atoms with Gasteiger partial charge in [-0.3, -0.25) is 0 Å². The number of aliphatic hydroxyl groups excluding tert-OH is 7. The van der Waals surface area contributed by atoms with Crippen molar-refractivity contribution >= 4 is 45.6 Å². The number of hydrogen-bond acceptors (Lipinski definition) is 14. The van der Waals surface area contributed by atoms with Crippen molar-refractivity contribution in [2.24, 2.45) is 0 Å². The summed E-state index contributed by atoms with van der Waals surface area (Å²) in [5.41, 5.74) is 0. The minimum absolute atomic E-state index is 0. The van der Waals surface area contributed by atoms with Crippen LogP contribution in [0.25, 0.3) is 0 Å². The van der Waals surface area contributed by atoms with Gasteiger partial charge in [-0.05, 0) is 0 Å². The third-order valence-corrected chi connectivity index (χ3v) is 4.77. The fourth-order valence-corrected chi connectivity index (χ4v) is 3.46. The van der Waals surface area contributed by atoms with E-state index in [1.54, 1.807) is 0 Å². The Hall–Kier alpha value is 0.970. The van der Waals surface area contributed by atoms with Crippen molar-refractivity contribution in [3.05, 3.63) is 0 Å². The van der Waals surface area contributed by atoms with Gasteiger partial charge in [0.05, 0.1) is 21.0 Å². The standard InChI is InChI=1S/C12H23O14P.Ca/c13-1-4-6(16)8(18)9(19)11(23-4)25-12(3-15)10(26-27(20,21)22)7(17)5(2-14)24-12;/h4-11,13-19H,1-3H2,(H2,20,21,22);/q;+2/p-2/t4-,5-,6-,7-,8+,9-,10+,11-,12+;/m1./s1. The molecule has 160 valence electrons. The summed E-state index contributed by atoms with van der Waals surface area (Å²) in [6.45, 7) is -2.93. The van der Waals surface area contributed by atoms with Crippen LogP contribution >= 0.6 is 7.82 Å². The van der Waals surface area contributed by atoms with Crippen molar-refractivity contribution < 1.29 is 68.8 Å². The minimum Gasteiger partial charge on any atom is -0.790 e. The molecule has 2 rings (SSSR count). The van der Waals surface area contributed by atoms with Gasteiger partial charge in [0.1, 0.15) is 49.3 Å². The largest absolute Gasteiger partial charge is 2.00 e. The number of phosphoric ester groups is 1. The Morgan fingerprint density at radius 3 is 1.96 bits per heavy atom. The Bertz CT molecular complexity index is 546. The summed E-state index contributed by atoms with van der Waals surface area (Å²) in [7, 11) is -5.74. The van der Waals surface area contributed by atoms with E-state index in [1.807, 2.05) is 0 Å². The molecular weight excluding hydrogens is 439 g/mol. The predicted molar refractivity (Wildman–Crippen MR) is 80.9 cm³/mol. The Labute approximate surface area is 188 Å². The molecule has 0 bridgehead atoms. The van der Waals surface area contributed by atoms with E-state index in [-0.39, 0.29) is 37.7 Å². The maximum atomic E-state index is 11.0. The molecule has 7 N–H and O–H groups in total. The molecule has 0 radical (unpaired) electrons. The van der Waals surface area contributed by atoms with Gasteiger partial charge in [0.2, 0.25) is 5.79 Å². The molecule has 2 heterocycles. The molecular formula is C12H21CaO14P. The first kappa shape index (κ1) is 27.0. The third kappa shape index (κ3) is 5.60. The molecule has 2 aliphatic rings. The maximum Gasteiger partial charge on any atom is 2.00 e. The second kappa shape index (κ2) is 10.5. The smallest absolute Gasteiger partial charge is 0.790 e. The van der Waals surface area contributed by atoms with Crippen LogP contribution in [0.4, 0.5) is 0 Å². The van der Waals surface area contributed by atoms with E-state index >= 15 is 0 Å². The quantitative estimate of drug-likeness (QED) is 0.138. The molecule has 16 heteroatoms. The zero-order valence-electron chi connectivity index (χ0n) is 14.4. The van der Waals surface area contributed by atoms with E-state index in [0.717, 1.165) is 0 Å². The van der Waals surface area contributed by atoms with Gasteiger partial charge in [0.15, 0.2) is 6.29 Å². The van der Waals surface area contributed by atoms with Crippen LogP contribution in [-0.2, 0) is 23.3 Å². The number of ether oxygens (including phenoxy) is 3. The van der Waals surface area contributed by atoms with Crippen LogP contribution in [0.3, 0.4) is 0 Å². The Balaban J connectivity index is 0.00000392. The molecule has 0 aliphatic carbocycles. The number of hydrogen-bond donors (Lipinski definition) is 7. The van der Waals surface area contributed by atoms with Gasteiger partial charge in [0.25, 0.3) is 0 Å². The molecule has 0 amide bonds.